The van der Waals surface area contributed by atoms with Gasteiger partial charge in [0.15, 0.2) is 17.2 Å². The molecule has 1 aliphatic heterocycles. The van der Waals surface area contributed by atoms with Gasteiger partial charge in [-0.15, -0.1) is 17.5 Å². The van der Waals surface area contributed by atoms with Crippen LogP contribution in [0.4, 0.5) is 0 Å². The first-order valence-corrected chi connectivity index (χ1v) is 9.22. The van der Waals surface area contributed by atoms with Gasteiger partial charge in [-0.3, -0.25) is 4.79 Å². The number of amides is 1. The molecule has 0 saturated heterocycles. The fourth-order valence-electron chi connectivity index (χ4n) is 2.89. The molecule has 1 aliphatic rings. The molecule has 1 aromatic carbocycles. The van der Waals surface area contributed by atoms with E-state index in [0.717, 1.165) is 12.1 Å². The van der Waals surface area contributed by atoms with Crippen LogP contribution in [0.5, 0.6) is 11.5 Å². The van der Waals surface area contributed by atoms with Crippen molar-refractivity contribution in [1.82, 2.24) is 19.9 Å². The van der Waals surface area contributed by atoms with Crippen LogP contribution in [0.2, 0.25) is 0 Å². The molecule has 9 heteroatoms. The van der Waals surface area contributed by atoms with E-state index in [0.29, 0.717) is 48.6 Å². The standard InChI is InChI=1S/C19H27N5O3.ClH/c1-12(2)15(20)7-8-23(4)19(25)18-13(3)24(22-21-18)14-5-6-16-17(11-14)27-10-9-26-16;/h5-6,11-12,15H,7-10,20H2,1-4H3;1H. The zero-order chi connectivity index (χ0) is 19.6. The minimum atomic E-state index is -0.160. The molecule has 0 spiro atoms. The summed E-state index contributed by atoms with van der Waals surface area (Å²) in [4.78, 5) is 14.4. The highest BCUT2D eigenvalue weighted by Gasteiger charge is 2.22. The molecule has 3 rings (SSSR count). The summed E-state index contributed by atoms with van der Waals surface area (Å²) in [7, 11) is 1.76. The van der Waals surface area contributed by atoms with Crippen LogP contribution < -0.4 is 15.2 Å². The molecule has 1 aromatic heterocycles. The van der Waals surface area contributed by atoms with Gasteiger partial charge in [0.25, 0.3) is 5.91 Å². The number of halogens is 1. The van der Waals surface area contributed by atoms with E-state index in [9.17, 15) is 4.79 Å². The Bertz CT molecular complexity index is 824. The summed E-state index contributed by atoms with van der Waals surface area (Å²) in [6, 6.07) is 5.62. The lowest BCUT2D eigenvalue weighted by atomic mass is 10.0. The number of hydrogen-bond acceptors (Lipinski definition) is 6. The van der Waals surface area contributed by atoms with Crippen molar-refractivity contribution in [3.05, 3.63) is 29.6 Å². The molecule has 0 fully saturated rings. The number of benzene rings is 1. The monoisotopic (exact) mass is 409 g/mol. The van der Waals surface area contributed by atoms with Crippen molar-refractivity contribution >= 4 is 18.3 Å². The SMILES string of the molecule is Cc1c(C(=O)N(C)CCC(N)C(C)C)nnn1-c1ccc2c(c1)OCCO2.Cl. The van der Waals surface area contributed by atoms with Crippen LogP contribution >= 0.6 is 12.4 Å². The molecule has 1 amide bonds. The highest BCUT2D eigenvalue weighted by Crippen LogP contribution is 2.32. The highest BCUT2D eigenvalue weighted by atomic mass is 35.5. The topological polar surface area (TPSA) is 95.5 Å². The van der Waals surface area contributed by atoms with E-state index in [2.05, 4.69) is 24.2 Å². The predicted molar refractivity (Wildman–Crippen MR) is 109 cm³/mol. The average Bonchev–Trinajstić information content (AvgIpc) is 3.05. The van der Waals surface area contributed by atoms with Crippen LogP contribution in [-0.2, 0) is 0 Å². The van der Waals surface area contributed by atoms with Crippen molar-refractivity contribution in [3.63, 3.8) is 0 Å². The van der Waals surface area contributed by atoms with Crippen LogP contribution in [0.3, 0.4) is 0 Å². The molecule has 1 atom stereocenters. The lowest BCUT2D eigenvalue weighted by Gasteiger charge is -2.21. The molecule has 2 N–H and O–H groups in total. The zero-order valence-electron chi connectivity index (χ0n) is 16.7. The van der Waals surface area contributed by atoms with Crippen molar-refractivity contribution < 1.29 is 14.3 Å². The van der Waals surface area contributed by atoms with Crippen molar-refractivity contribution in [2.75, 3.05) is 26.8 Å². The van der Waals surface area contributed by atoms with E-state index in [1.807, 2.05) is 25.1 Å². The Morgan fingerprint density at radius 3 is 2.64 bits per heavy atom. The second-order valence-electron chi connectivity index (χ2n) is 7.19. The first kappa shape index (κ1) is 22.0. The molecule has 154 valence electrons. The Labute approximate surface area is 171 Å². The molecule has 8 nitrogen and oxygen atoms in total. The second-order valence-corrected chi connectivity index (χ2v) is 7.19. The number of nitrogens with zero attached hydrogens (tertiary/aromatic N) is 4. The van der Waals surface area contributed by atoms with E-state index >= 15 is 0 Å². The quantitative estimate of drug-likeness (QED) is 0.785. The maximum atomic E-state index is 12.7. The van der Waals surface area contributed by atoms with E-state index < -0.39 is 0 Å². The van der Waals surface area contributed by atoms with Gasteiger partial charge < -0.3 is 20.1 Å². The number of carbonyl (C=O) groups excluding carboxylic acids is 1. The van der Waals surface area contributed by atoms with Crippen LogP contribution in [0.1, 0.15) is 36.5 Å². The third-order valence-electron chi connectivity index (χ3n) is 4.87. The number of ether oxygens (including phenoxy) is 2. The highest BCUT2D eigenvalue weighted by molar-refractivity contribution is 5.93. The van der Waals surface area contributed by atoms with Gasteiger partial charge in [0.05, 0.1) is 11.4 Å². The summed E-state index contributed by atoms with van der Waals surface area (Å²) in [6.45, 7) is 7.62. The first-order chi connectivity index (χ1) is 12.9. The summed E-state index contributed by atoms with van der Waals surface area (Å²) >= 11 is 0. The molecule has 1 unspecified atom stereocenters. The van der Waals surface area contributed by atoms with Crippen molar-refractivity contribution in [2.24, 2.45) is 11.7 Å². The molecule has 0 saturated carbocycles. The van der Waals surface area contributed by atoms with Gasteiger partial charge in [-0.1, -0.05) is 19.1 Å². The normalized spacial score (nSPS) is 13.8. The van der Waals surface area contributed by atoms with E-state index in [1.165, 1.54) is 0 Å². The Hall–Kier alpha value is -2.32. The fourth-order valence-corrected chi connectivity index (χ4v) is 2.89. The average molecular weight is 410 g/mol. The number of aromatic nitrogens is 3. The Morgan fingerprint density at radius 1 is 1.29 bits per heavy atom. The number of rotatable bonds is 6. The molecular weight excluding hydrogens is 382 g/mol. The lowest BCUT2D eigenvalue weighted by Crippen LogP contribution is -2.35. The van der Waals surface area contributed by atoms with Gasteiger partial charge in [-0.05, 0) is 31.4 Å². The summed E-state index contributed by atoms with van der Waals surface area (Å²) in [5.74, 6) is 1.60. The summed E-state index contributed by atoms with van der Waals surface area (Å²) in [5, 5.41) is 8.27. The molecule has 28 heavy (non-hydrogen) atoms. The molecule has 0 bridgehead atoms. The summed E-state index contributed by atoms with van der Waals surface area (Å²) in [6.07, 6.45) is 0.745. The largest absolute Gasteiger partial charge is 0.486 e. The number of hydrogen-bond donors (Lipinski definition) is 1. The van der Waals surface area contributed by atoms with Gasteiger partial charge >= 0.3 is 0 Å². The van der Waals surface area contributed by atoms with Gasteiger partial charge in [0.2, 0.25) is 0 Å². The third-order valence-corrected chi connectivity index (χ3v) is 4.87. The van der Waals surface area contributed by atoms with Crippen molar-refractivity contribution in [1.29, 1.82) is 0 Å². The van der Waals surface area contributed by atoms with Crippen LogP contribution in [0.15, 0.2) is 18.2 Å². The molecule has 2 aromatic rings. The Kier molecular flexibility index (Phi) is 7.26. The maximum absolute atomic E-state index is 12.7. The van der Waals surface area contributed by atoms with E-state index in [1.54, 1.807) is 16.6 Å². The predicted octanol–water partition coefficient (Wildman–Crippen LogP) is 2.21. The zero-order valence-corrected chi connectivity index (χ0v) is 17.5. The minimum Gasteiger partial charge on any atom is -0.486 e. The fraction of sp³-hybridized carbons (Fsp3) is 0.526. The summed E-state index contributed by atoms with van der Waals surface area (Å²) in [5.41, 5.74) is 7.86. The van der Waals surface area contributed by atoms with Crippen molar-refractivity contribution in [3.8, 4) is 17.2 Å². The van der Waals surface area contributed by atoms with E-state index in [-0.39, 0.29) is 24.4 Å². The first-order valence-electron chi connectivity index (χ1n) is 9.22. The van der Waals surface area contributed by atoms with Crippen LogP contribution in [0.25, 0.3) is 5.69 Å². The van der Waals surface area contributed by atoms with Crippen LogP contribution in [0, 0.1) is 12.8 Å². The van der Waals surface area contributed by atoms with Crippen molar-refractivity contribution in [2.45, 2.75) is 33.2 Å². The maximum Gasteiger partial charge on any atom is 0.276 e. The molecule has 2 heterocycles. The molecule has 0 aliphatic carbocycles. The van der Waals surface area contributed by atoms with Gasteiger partial charge in [0.1, 0.15) is 13.2 Å². The van der Waals surface area contributed by atoms with Gasteiger partial charge in [-0.25, -0.2) is 4.68 Å². The minimum absolute atomic E-state index is 0. The summed E-state index contributed by atoms with van der Waals surface area (Å²) < 4.78 is 12.8. The number of carbonyl (C=O) groups is 1. The van der Waals surface area contributed by atoms with E-state index in [4.69, 9.17) is 15.2 Å². The number of fused-ring (bicyclic) bond motifs is 1. The Balaban J connectivity index is 0.00000280. The van der Waals surface area contributed by atoms with Crippen LogP contribution in [-0.4, -0.2) is 58.6 Å². The van der Waals surface area contributed by atoms with Gasteiger partial charge in [-0.2, -0.15) is 0 Å². The smallest absolute Gasteiger partial charge is 0.276 e. The second kappa shape index (κ2) is 9.25. The van der Waals surface area contributed by atoms with Gasteiger partial charge in [0, 0.05) is 25.7 Å². The number of nitrogens with two attached hydrogens (primary N) is 1. The molecular formula is C19H28ClN5O3. The third kappa shape index (κ3) is 4.56. The lowest BCUT2D eigenvalue weighted by molar-refractivity contribution is 0.0782. The molecule has 0 radical (unpaired) electrons. The Morgan fingerprint density at radius 2 is 1.96 bits per heavy atom.